The molecule has 1 aromatic heterocycles. The fourth-order valence-corrected chi connectivity index (χ4v) is 1.64. The first-order valence-corrected chi connectivity index (χ1v) is 6.24. The Balaban J connectivity index is 2.10. The van der Waals surface area contributed by atoms with Gasteiger partial charge in [0.15, 0.2) is 5.78 Å². The molecule has 0 spiro atoms. The summed E-state index contributed by atoms with van der Waals surface area (Å²) in [6.07, 6.45) is -2.62. The SMILES string of the molecule is CCC(=O)c1ccc(Oc2ccc(C(F)(F)F)cc2)nc1. The lowest BCUT2D eigenvalue weighted by molar-refractivity contribution is -0.137. The average molecular weight is 295 g/mol. The smallest absolute Gasteiger partial charge is 0.416 e. The minimum Gasteiger partial charge on any atom is -0.439 e. The lowest BCUT2D eigenvalue weighted by Gasteiger charge is -2.08. The van der Waals surface area contributed by atoms with E-state index in [0.717, 1.165) is 12.1 Å². The number of carbonyl (C=O) groups is 1. The van der Waals surface area contributed by atoms with Crippen LogP contribution in [0.25, 0.3) is 0 Å². The van der Waals surface area contributed by atoms with E-state index in [0.29, 0.717) is 12.0 Å². The van der Waals surface area contributed by atoms with Crippen molar-refractivity contribution >= 4 is 5.78 Å². The third kappa shape index (κ3) is 3.81. The maximum absolute atomic E-state index is 12.4. The van der Waals surface area contributed by atoms with Gasteiger partial charge in [0.2, 0.25) is 5.88 Å². The van der Waals surface area contributed by atoms with Crippen molar-refractivity contribution < 1.29 is 22.7 Å². The summed E-state index contributed by atoms with van der Waals surface area (Å²) in [6.45, 7) is 1.74. The van der Waals surface area contributed by atoms with E-state index in [1.54, 1.807) is 13.0 Å². The zero-order chi connectivity index (χ0) is 15.5. The highest BCUT2D eigenvalue weighted by atomic mass is 19.4. The summed E-state index contributed by atoms with van der Waals surface area (Å²) in [5, 5.41) is 0. The zero-order valence-corrected chi connectivity index (χ0v) is 11.1. The Labute approximate surface area is 119 Å². The number of hydrogen-bond acceptors (Lipinski definition) is 3. The summed E-state index contributed by atoms with van der Waals surface area (Å²) in [5.74, 6) is 0.413. The highest BCUT2D eigenvalue weighted by molar-refractivity contribution is 5.95. The van der Waals surface area contributed by atoms with Crippen molar-refractivity contribution in [3.63, 3.8) is 0 Å². The molecule has 0 atom stereocenters. The van der Waals surface area contributed by atoms with Gasteiger partial charge >= 0.3 is 6.18 Å². The van der Waals surface area contributed by atoms with Crippen molar-refractivity contribution in [2.75, 3.05) is 0 Å². The monoisotopic (exact) mass is 295 g/mol. The Morgan fingerprint density at radius 2 is 1.81 bits per heavy atom. The maximum atomic E-state index is 12.4. The molecule has 1 aromatic carbocycles. The van der Waals surface area contributed by atoms with E-state index in [-0.39, 0.29) is 17.4 Å². The lowest BCUT2D eigenvalue weighted by Crippen LogP contribution is -2.04. The molecule has 0 saturated heterocycles. The van der Waals surface area contributed by atoms with E-state index in [1.807, 2.05) is 0 Å². The van der Waals surface area contributed by atoms with Gasteiger partial charge in [-0.2, -0.15) is 13.2 Å². The Morgan fingerprint density at radius 1 is 1.14 bits per heavy atom. The largest absolute Gasteiger partial charge is 0.439 e. The van der Waals surface area contributed by atoms with Crippen LogP contribution in [0, 0.1) is 0 Å². The first kappa shape index (κ1) is 15.0. The van der Waals surface area contributed by atoms with Gasteiger partial charge in [0.1, 0.15) is 5.75 Å². The van der Waals surface area contributed by atoms with Gasteiger partial charge in [-0.1, -0.05) is 6.92 Å². The van der Waals surface area contributed by atoms with Crippen molar-refractivity contribution in [3.8, 4) is 11.6 Å². The standard InChI is InChI=1S/C15H12F3NO2/c1-2-13(20)10-3-8-14(19-9-10)21-12-6-4-11(5-7-12)15(16,17)18/h3-9H,2H2,1H3. The Kier molecular flexibility index (Phi) is 4.26. The van der Waals surface area contributed by atoms with Crippen molar-refractivity contribution in [1.29, 1.82) is 0 Å². The normalized spacial score (nSPS) is 11.2. The molecule has 2 aromatic rings. The van der Waals surface area contributed by atoms with Crippen molar-refractivity contribution in [2.24, 2.45) is 0 Å². The first-order chi connectivity index (χ1) is 9.90. The number of carbonyl (C=O) groups excluding carboxylic acids is 1. The van der Waals surface area contributed by atoms with Crippen LogP contribution in [0.4, 0.5) is 13.2 Å². The number of nitrogens with zero attached hydrogens (tertiary/aromatic N) is 1. The fraction of sp³-hybridized carbons (Fsp3) is 0.200. The summed E-state index contributed by atoms with van der Waals surface area (Å²) in [7, 11) is 0. The molecule has 0 fully saturated rings. The van der Waals surface area contributed by atoms with Crippen LogP contribution in [0.5, 0.6) is 11.6 Å². The van der Waals surface area contributed by atoms with Gasteiger partial charge in [0.25, 0.3) is 0 Å². The fourth-order valence-electron chi connectivity index (χ4n) is 1.64. The van der Waals surface area contributed by atoms with E-state index in [2.05, 4.69) is 4.98 Å². The zero-order valence-electron chi connectivity index (χ0n) is 11.1. The second-order valence-electron chi connectivity index (χ2n) is 4.29. The Bertz CT molecular complexity index is 619. The summed E-state index contributed by atoms with van der Waals surface area (Å²) < 4.78 is 42.6. The third-order valence-corrected chi connectivity index (χ3v) is 2.78. The number of Topliss-reactive ketones (excluding diaryl/α,β-unsaturated/α-hetero) is 1. The Hall–Kier alpha value is -2.37. The molecule has 3 nitrogen and oxygen atoms in total. The molecular formula is C15H12F3NO2. The first-order valence-electron chi connectivity index (χ1n) is 6.24. The number of rotatable bonds is 4. The van der Waals surface area contributed by atoms with Crippen LogP contribution in [0.15, 0.2) is 42.6 Å². The molecule has 0 aliphatic heterocycles. The number of benzene rings is 1. The van der Waals surface area contributed by atoms with Gasteiger partial charge in [-0.3, -0.25) is 4.79 Å². The van der Waals surface area contributed by atoms with Crippen molar-refractivity contribution in [1.82, 2.24) is 4.98 Å². The second kappa shape index (κ2) is 5.95. The number of aromatic nitrogens is 1. The molecule has 2 rings (SSSR count). The molecule has 0 radical (unpaired) electrons. The minimum absolute atomic E-state index is 0.0384. The van der Waals surface area contributed by atoms with Crippen LogP contribution in [0.1, 0.15) is 29.3 Å². The van der Waals surface area contributed by atoms with Crippen LogP contribution in [0.3, 0.4) is 0 Å². The number of pyridine rings is 1. The number of ether oxygens (including phenoxy) is 1. The number of halogens is 3. The highest BCUT2D eigenvalue weighted by Gasteiger charge is 2.30. The van der Waals surface area contributed by atoms with Crippen LogP contribution < -0.4 is 4.74 Å². The number of hydrogen-bond donors (Lipinski definition) is 0. The molecule has 21 heavy (non-hydrogen) atoms. The minimum atomic E-state index is -4.38. The van der Waals surface area contributed by atoms with E-state index in [9.17, 15) is 18.0 Å². The second-order valence-corrected chi connectivity index (χ2v) is 4.29. The molecule has 110 valence electrons. The summed E-state index contributed by atoms with van der Waals surface area (Å²) in [4.78, 5) is 15.4. The summed E-state index contributed by atoms with van der Waals surface area (Å²) in [5.41, 5.74) is -0.274. The number of alkyl halides is 3. The molecule has 0 aliphatic carbocycles. The van der Waals surface area contributed by atoms with E-state index >= 15 is 0 Å². The molecule has 1 heterocycles. The molecule has 0 aliphatic rings. The maximum Gasteiger partial charge on any atom is 0.416 e. The molecule has 0 bridgehead atoms. The topological polar surface area (TPSA) is 39.2 Å². The predicted octanol–water partition coefficient (Wildman–Crippen LogP) is 4.49. The van der Waals surface area contributed by atoms with Crippen LogP contribution in [0.2, 0.25) is 0 Å². The van der Waals surface area contributed by atoms with Gasteiger partial charge in [0.05, 0.1) is 5.56 Å². The van der Waals surface area contributed by atoms with Crippen molar-refractivity contribution in [2.45, 2.75) is 19.5 Å². The van der Waals surface area contributed by atoms with Gasteiger partial charge in [-0.05, 0) is 30.3 Å². The van der Waals surface area contributed by atoms with E-state index in [1.165, 1.54) is 24.4 Å². The third-order valence-electron chi connectivity index (χ3n) is 2.78. The predicted molar refractivity (Wildman–Crippen MR) is 70.4 cm³/mol. The molecular weight excluding hydrogens is 283 g/mol. The van der Waals surface area contributed by atoms with E-state index in [4.69, 9.17) is 4.74 Å². The Morgan fingerprint density at radius 3 is 2.29 bits per heavy atom. The molecule has 0 saturated carbocycles. The number of ketones is 1. The van der Waals surface area contributed by atoms with Gasteiger partial charge in [-0.15, -0.1) is 0 Å². The van der Waals surface area contributed by atoms with Gasteiger partial charge in [0, 0.05) is 24.2 Å². The highest BCUT2D eigenvalue weighted by Crippen LogP contribution is 2.31. The van der Waals surface area contributed by atoms with Crippen LogP contribution >= 0.6 is 0 Å². The summed E-state index contributed by atoms with van der Waals surface area (Å²) in [6, 6.07) is 7.37. The average Bonchev–Trinajstić information content (AvgIpc) is 2.47. The van der Waals surface area contributed by atoms with Crippen LogP contribution in [-0.4, -0.2) is 10.8 Å². The lowest BCUT2D eigenvalue weighted by atomic mass is 10.1. The van der Waals surface area contributed by atoms with Crippen molar-refractivity contribution in [3.05, 3.63) is 53.7 Å². The molecule has 0 N–H and O–H groups in total. The quantitative estimate of drug-likeness (QED) is 0.780. The molecule has 0 unspecified atom stereocenters. The van der Waals surface area contributed by atoms with Gasteiger partial charge in [-0.25, -0.2) is 4.98 Å². The summed E-state index contributed by atoms with van der Waals surface area (Å²) >= 11 is 0. The van der Waals surface area contributed by atoms with Gasteiger partial charge < -0.3 is 4.74 Å². The molecule has 6 heteroatoms. The van der Waals surface area contributed by atoms with Crippen LogP contribution in [-0.2, 0) is 6.18 Å². The molecule has 0 amide bonds. The van der Waals surface area contributed by atoms with E-state index < -0.39 is 11.7 Å².